The molecule has 0 unspecified atom stereocenters. The molecular weight excluding hydrogens is 767 g/mol. The Morgan fingerprint density at radius 1 is 0.540 bits per heavy atom. The third-order valence-electron chi connectivity index (χ3n) is 11.2. The Labute approximate surface area is 406 Å². The number of phenols is 1. The first-order valence-electron chi connectivity index (χ1n) is 31.6. The maximum Gasteiger partial charge on any atom is 0.149 e. The zero-order chi connectivity index (χ0) is 63.7. The fraction of sp³-hybridized carbons (Fsp3) is 0.288. The van der Waals surface area contributed by atoms with Gasteiger partial charge in [-0.25, -0.2) is 4.98 Å². The normalized spacial score (nSPS) is 18.9. The van der Waals surface area contributed by atoms with Crippen molar-refractivity contribution in [3.63, 3.8) is 0 Å². The number of nitrogens with zero attached hydrogens (tertiary/aromatic N) is 3. The van der Waals surface area contributed by atoms with Gasteiger partial charge in [-0.05, 0) is 122 Å². The first-order chi connectivity index (χ1) is 38.8. The molecule has 8 aromatic rings. The summed E-state index contributed by atoms with van der Waals surface area (Å²) in [6.07, 6.45) is 1.36. The zero-order valence-corrected chi connectivity index (χ0v) is 36.3. The summed E-state index contributed by atoms with van der Waals surface area (Å²) in [6, 6.07) is 26.1. The van der Waals surface area contributed by atoms with Crippen molar-refractivity contribution >= 4 is 11.0 Å². The average Bonchev–Trinajstić information content (AvgIpc) is 1.02. The van der Waals surface area contributed by atoms with E-state index in [0.717, 1.165) is 11.1 Å². The van der Waals surface area contributed by atoms with Gasteiger partial charge in [-0.15, -0.1) is 0 Å². The van der Waals surface area contributed by atoms with Crippen molar-refractivity contribution in [1.29, 1.82) is 0 Å². The van der Waals surface area contributed by atoms with Crippen LogP contribution in [0.5, 0.6) is 5.75 Å². The molecule has 2 heterocycles. The minimum atomic E-state index is -3.86. The standard InChI is InChI=1S/C59H63N3O/c1-37-30-48(54(63)49(31-37)59(11,12)13)55-61-53-46(20-17-21-52(53)62(55)51-27-26-44(57(5,6)7)36-47(51)39-18-15-14-16-19-39)41-32-42(34-45(33-41)58(8,9)10)50-35-40(28-29-60-50)38-22-24-43(25-23-38)56(2,3)4/h14-36,63H,1-13H3/i2D3,3D3,4D3,5D3,6D3,7D3,22D,23D,24D,25D. The van der Waals surface area contributed by atoms with Crippen LogP contribution in [0.3, 0.4) is 0 Å². The second-order valence-electron chi connectivity index (χ2n) is 18.2. The van der Waals surface area contributed by atoms with Gasteiger partial charge in [-0.1, -0.05) is 167 Å². The lowest BCUT2D eigenvalue weighted by atomic mass is 9.83. The van der Waals surface area contributed by atoms with Crippen LogP contribution < -0.4 is 0 Å². The number of hydrogen-bond donors (Lipinski definition) is 1. The van der Waals surface area contributed by atoms with Gasteiger partial charge in [0.15, 0.2) is 0 Å². The molecule has 0 aliphatic rings. The van der Waals surface area contributed by atoms with Crippen LogP contribution in [0, 0.1) is 6.92 Å². The van der Waals surface area contributed by atoms with Gasteiger partial charge in [-0.2, -0.15) is 0 Å². The van der Waals surface area contributed by atoms with Crippen molar-refractivity contribution in [3.05, 3.63) is 167 Å². The third-order valence-corrected chi connectivity index (χ3v) is 11.2. The van der Waals surface area contributed by atoms with Gasteiger partial charge in [0.05, 0.1) is 33.5 Å². The maximum absolute atomic E-state index is 12.4. The van der Waals surface area contributed by atoms with Crippen LogP contribution in [-0.2, 0) is 21.7 Å². The van der Waals surface area contributed by atoms with Crippen LogP contribution in [0.25, 0.3) is 72.7 Å². The number of benzene rings is 6. The van der Waals surface area contributed by atoms with E-state index in [0.29, 0.717) is 50.1 Å². The predicted molar refractivity (Wildman–Crippen MR) is 267 cm³/mol. The first kappa shape index (κ1) is 24.0. The summed E-state index contributed by atoms with van der Waals surface area (Å²) in [5.41, 5.74) is -4.31. The Balaban J connectivity index is 1.44. The summed E-state index contributed by atoms with van der Waals surface area (Å²) in [7, 11) is 0. The molecule has 0 aliphatic carbocycles. The molecule has 320 valence electrons. The fourth-order valence-corrected chi connectivity index (χ4v) is 7.84. The lowest BCUT2D eigenvalue weighted by Gasteiger charge is -2.24. The van der Waals surface area contributed by atoms with Crippen molar-refractivity contribution in [2.75, 3.05) is 0 Å². The summed E-state index contributed by atoms with van der Waals surface area (Å²) in [5, 5.41) is 12.4. The highest BCUT2D eigenvalue weighted by Gasteiger charge is 2.28. The molecule has 4 heteroatoms. The van der Waals surface area contributed by atoms with Crippen molar-refractivity contribution in [2.45, 2.75) is 111 Å². The largest absolute Gasteiger partial charge is 0.507 e. The SMILES string of the molecule is [2H]c1c([2H])c(C(C([2H])([2H])[2H])(C([2H])([2H])[2H])C([2H])([2H])[2H])c([2H])c([2H])c1-c1ccnc(-c2cc(-c3cccc4c3nc(-c3cc(C)cc(C(C)(C)C)c3O)n4-c3ccc(C(C([2H])([2H])[2H])(C([2H])([2H])[2H])C([2H])([2H])[2H])cc3-c3ccccc3)cc(C(C)(C)C)c2)c1. The molecule has 2 aromatic heterocycles. The molecular formula is C59H63N3O. The molecule has 0 radical (unpaired) electrons. The summed E-state index contributed by atoms with van der Waals surface area (Å²) < 4.78 is 190. The molecule has 0 saturated carbocycles. The van der Waals surface area contributed by atoms with Crippen LogP contribution in [0.4, 0.5) is 0 Å². The Bertz CT molecular complexity index is 3800. The topological polar surface area (TPSA) is 50.9 Å². The van der Waals surface area contributed by atoms with E-state index in [1.807, 2.05) is 78.8 Å². The van der Waals surface area contributed by atoms with Crippen molar-refractivity contribution in [2.24, 2.45) is 0 Å². The van der Waals surface area contributed by atoms with Gasteiger partial charge in [0.1, 0.15) is 11.6 Å². The molecule has 0 atom stereocenters. The molecule has 0 saturated heterocycles. The number of aromatic nitrogens is 3. The van der Waals surface area contributed by atoms with E-state index in [9.17, 15) is 5.11 Å². The number of aromatic hydroxyl groups is 1. The van der Waals surface area contributed by atoms with Crippen molar-refractivity contribution < 1.29 is 35.3 Å². The summed E-state index contributed by atoms with van der Waals surface area (Å²) in [5.74, 6) is 0.111. The lowest BCUT2D eigenvalue weighted by molar-refractivity contribution is 0.448. The first-order valence-corrected chi connectivity index (χ1v) is 20.6. The van der Waals surface area contributed by atoms with Crippen LogP contribution in [0.15, 0.2) is 140 Å². The highest BCUT2D eigenvalue weighted by molar-refractivity contribution is 5.98. The highest BCUT2D eigenvalue weighted by atomic mass is 16.3. The molecule has 0 aliphatic heterocycles. The van der Waals surface area contributed by atoms with E-state index in [4.69, 9.17) is 35.1 Å². The van der Waals surface area contributed by atoms with E-state index in [-0.39, 0.29) is 34.0 Å². The fourth-order valence-electron chi connectivity index (χ4n) is 7.84. The number of phenolic OH excluding ortho intramolecular Hbond substituents is 1. The Hall–Kier alpha value is -6.26. The highest BCUT2D eigenvalue weighted by Crippen LogP contribution is 2.45. The van der Waals surface area contributed by atoms with Crippen molar-refractivity contribution in [3.8, 4) is 67.5 Å². The number of aryl methyl sites for hydroxylation is 1. The number of rotatable bonds is 6. The van der Waals surface area contributed by atoms with Gasteiger partial charge < -0.3 is 5.11 Å². The molecule has 0 spiro atoms. The molecule has 6 aromatic carbocycles. The summed E-state index contributed by atoms with van der Waals surface area (Å²) in [4.78, 5) is 10.0. The Kier molecular flexibility index (Phi) is 6.02. The predicted octanol–water partition coefficient (Wildman–Crippen LogP) is 16.0. The van der Waals surface area contributed by atoms with Crippen LogP contribution in [-0.4, -0.2) is 19.6 Å². The maximum atomic E-state index is 12.4. The van der Waals surface area contributed by atoms with Gasteiger partial charge in [0, 0.05) is 53.1 Å². The smallest absolute Gasteiger partial charge is 0.149 e. The molecule has 63 heavy (non-hydrogen) atoms. The van der Waals surface area contributed by atoms with Crippen LogP contribution >= 0.6 is 0 Å². The second-order valence-corrected chi connectivity index (χ2v) is 18.2. The van der Waals surface area contributed by atoms with Crippen LogP contribution in [0.1, 0.15) is 141 Å². The quantitative estimate of drug-likeness (QED) is 0.181. The minimum Gasteiger partial charge on any atom is -0.507 e. The summed E-state index contributed by atoms with van der Waals surface area (Å²) >= 11 is 0. The number of fused-ring (bicyclic) bond motifs is 1. The number of hydrogen-bond acceptors (Lipinski definition) is 3. The number of imidazole rings is 1. The van der Waals surface area contributed by atoms with E-state index in [1.54, 1.807) is 53.1 Å². The Morgan fingerprint density at radius 2 is 1.24 bits per heavy atom. The Morgan fingerprint density at radius 3 is 1.92 bits per heavy atom. The van der Waals surface area contributed by atoms with Gasteiger partial charge in [0.2, 0.25) is 0 Å². The van der Waals surface area contributed by atoms with E-state index in [1.165, 1.54) is 36.5 Å². The molecule has 4 nitrogen and oxygen atoms in total. The van der Waals surface area contributed by atoms with Crippen molar-refractivity contribution in [1.82, 2.24) is 14.5 Å². The van der Waals surface area contributed by atoms with E-state index < -0.39 is 98.1 Å². The molecule has 0 bridgehead atoms. The number of pyridine rings is 1. The van der Waals surface area contributed by atoms with Crippen LogP contribution in [0.2, 0.25) is 0 Å². The molecule has 8 rings (SSSR count). The monoisotopic (exact) mass is 852 g/mol. The average molecular weight is 852 g/mol. The van der Waals surface area contributed by atoms with E-state index in [2.05, 4.69) is 4.98 Å². The van der Waals surface area contributed by atoms with Gasteiger partial charge in [-0.3, -0.25) is 9.55 Å². The van der Waals surface area contributed by atoms with Gasteiger partial charge in [0.25, 0.3) is 0 Å². The second kappa shape index (κ2) is 15.8. The number of para-hydroxylation sites is 1. The molecule has 0 amide bonds. The molecule has 1 N–H and O–H groups in total. The third kappa shape index (κ3) is 8.61. The van der Waals surface area contributed by atoms with E-state index >= 15 is 0 Å². The molecule has 0 fully saturated rings. The zero-order valence-electron chi connectivity index (χ0n) is 58.3. The minimum absolute atomic E-state index is 0.0469. The van der Waals surface area contributed by atoms with Gasteiger partial charge >= 0.3 is 0 Å². The summed E-state index contributed by atoms with van der Waals surface area (Å²) in [6.45, 7) is -8.66. The lowest BCUT2D eigenvalue weighted by Crippen LogP contribution is -2.13.